The van der Waals surface area contributed by atoms with Gasteiger partial charge in [0.15, 0.2) is 5.11 Å². The van der Waals surface area contributed by atoms with Crippen molar-refractivity contribution in [1.82, 2.24) is 40.6 Å². The largest absolute Gasteiger partial charge is 0.480 e. The maximum Gasteiger partial charge on any atom is 0.317 e. The van der Waals surface area contributed by atoms with Crippen molar-refractivity contribution in [2.75, 3.05) is 74.2 Å². The summed E-state index contributed by atoms with van der Waals surface area (Å²) in [6.45, 7) is -0.228. The molecule has 4 aromatic carbocycles. The fraction of sp³-hybridized carbons (Fsp3) is 0.397. The van der Waals surface area contributed by atoms with Gasteiger partial charge in [0, 0.05) is 89.5 Å². The van der Waals surface area contributed by atoms with Crippen LogP contribution in [0.1, 0.15) is 76.3 Å². The maximum absolute atomic E-state index is 12.8. The number of amides is 4. The lowest BCUT2D eigenvalue weighted by Crippen LogP contribution is -2.60. The van der Waals surface area contributed by atoms with Crippen LogP contribution >= 0.6 is 24.0 Å². The summed E-state index contributed by atoms with van der Waals surface area (Å²) in [5.41, 5.74) is 5.73. The number of urea groups is 1. The number of carbonyl (C=O) groups is 7. The zero-order chi connectivity index (χ0) is 80.8. The zero-order valence-corrected chi connectivity index (χ0v) is 62.6. The van der Waals surface area contributed by atoms with E-state index in [-0.39, 0.29) is 92.0 Å². The van der Waals surface area contributed by atoms with Crippen LogP contribution in [0.5, 0.6) is 11.5 Å². The molecule has 13 atom stereocenters. The van der Waals surface area contributed by atoms with Crippen molar-refractivity contribution in [3.05, 3.63) is 179 Å². The molecule has 0 bridgehead atoms. The van der Waals surface area contributed by atoms with E-state index < -0.39 is 124 Å². The van der Waals surface area contributed by atoms with Crippen molar-refractivity contribution in [1.29, 1.82) is 0 Å². The molecule has 2 aromatic heterocycles. The second-order valence-corrected chi connectivity index (χ2v) is 29.1. The first-order chi connectivity index (χ1) is 54.2. The standard InChI is InChI=1S/C78H87N11O22S2/c1-44(92)33-88(38-65(95)96)36-55-30-48(8-6-45-12-22-57(23-13-45)108-75-73(105)71(103)69(101)60(41-90)110-75)28-53(80-55)34-87(35-54-29-49(31-56(81-54)37-89(39-66(97)98)40-67(99)100)9-7-46-14-24-58(25-15-46)109-76-74(106)72(104)70(102)61(42-91)111-76)27-26-47-10-16-51(17-11-47)83-78(112)84-52-20-18-50(19-21-52)82-64(94)32-79-63(93)5-3-2-4-62-68-59(43-113-62)85-77(107)86-68/h10-25,28-31,59-62,68-76,90-91,101-106H,1-5,26-27,32-43H2,(H8-,79,82,83,84,85,86,93,94,95,96,97,98,99,100,107,112)/p+1. The van der Waals surface area contributed by atoms with Gasteiger partial charge in [0.05, 0.1) is 74.3 Å². The number of aliphatic hydroxyl groups is 8. The van der Waals surface area contributed by atoms with Crippen LogP contribution in [0.15, 0.2) is 121 Å². The van der Waals surface area contributed by atoms with Gasteiger partial charge in [-0.15, -0.1) is 0 Å². The highest BCUT2D eigenvalue weighted by molar-refractivity contribution is 8.00. The van der Waals surface area contributed by atoms with Crippen LogP contribution in [-0.2, 0) is 70.8 Å². The summed E-state index contributed by atoms with van der Waals surface area (Å²) in [7, 11) is 0. The second-order valence-electron chi connectivity index (χ2n) is 27.4. The molecule has 598 valence electrons. The minimum Gasteiger partial charge on any atom is -0.480 e. The number of carbonyl (C=O) groups excluding carboxylic acids is 4. The van der Waals surface area contributed by atoms with Gasteiger partial charge in [-0.05, 0) is 146 Å². The predicted molar refractivity (Wildman–Crippen MR) is 412 cm³/mol. The summed E-state index contributed by atoms with van der Waals surface area (Å²) in [6.07, 6.45) is -12.2. The lowest BCUT2D eigenvalue weighted by Gasteiger charge is -2.39. The highest BCUT2D eigenvalue weighted by Gasteiger charge is 2.47. The van der Waals surface area contributed by atoms with E-state index in [9.17, 15) is 89.7 Å². The van der Waals surface area contributed by atoms with Crippen molar-refractivity contribution in [2.45, 2.75) is 137 Å². The molecule has 0 saturated carbocycles. The first kappa shape index (κ1) is 85.0. The number of ether oxygens (including phenoxy) is 4. The molecule has 4 aliphatic rings. The lowest BCUT2D eigenvalue weighted by atomic mass is 9.99. The Labute approximate surface area is 659 Å². The fourth-order valence-electron chi connectivity index (χ4n) is 12.9. The molecule has 0 aliphatic carbocycles. The Morgan fingerprint density at radius 2 is 0.982 bits per heavy atom. The minimum absolute atomic E-state index is 0.0475. The highest BCUT2D eigenvalue weighted by Crippen LogP contribution is 2.34. The topological polar surface area (TPSA) is 487 Å². The summed E-state index contributed by atoms with van der Waals surface area (Å²) in [5.74, 6) is 8.71. The molecule has 113 heavy (non-hydrogen) atoms. The number of carboxylic acids is 3. The van der Waals surface area contributed by atoms with Crippen LogP contribution in [0.25, 0.3) is 0 Å². The Bertz CT molecular complexity index is 4230. The number of thiocarbonyl (C=S) groups is 1. The Hall–Kier alpha value is -10.4. The summed E-state index contributed by atoms with van der Waals surface area (Å²) >= 11 is 7.50. The molecule has 0 spiro atoms. The second kappa shape index (κ2) is 40.9. The zero-order valence-electron chi connectivity index (χ0n) is 61.0. The van der Waals surface area contributed by atoms with Gasteiger partial charge in [-0.25, -0.2) is 9.59 Å². The van der Waals surface area contributed by atoms with Crippen molar-refractivity contribution in [2.24, 2.45) is 0 Å². The number of hydrogen-bond acceptors (Lipinski definition) is 26. The van der Waals surface area contributed by atoms with Crippen molar-refractivity contribution < 1.29 is 109 Å². The molecule has 0 radical (unpaired) electrons. The lowest BCUT2D eigenvalue weighted by molar-refractivity contribution is -0.277. The molecule has 33 nitrogen and oxygen atoms in total. The monoisotopic (exact) mass is 1590 g/mol. The smallest absolute Gasteiger partial charge is 0.317 e. The van der Waals surface area contributed by atoms with E-state index in [2.05, 4.69) is 62.5 Å². The number of benzene rings is 4. The van der Waals surface area contributed by atoms with E-state index in [4.69, 9.17) is 41.1 Å². The maximum atomic E-state index is 12.8. The predicted octanol–water partition coefficient (Wildman–Crippen LogP) is 0.729. The van der Waals surface area contributed by atoms with Gasteiger partial charge in [0.1, 0.15) is 73.8 Å². The third-order valence-corrected chi connectivity index (χ3v) is 20.1. The molecule has 17 N–H and O–H groups in total. The van der Waals surface area contributed by atoms with Gasteiger partial charge < -0.3 is 107 Å². The molecule has 6 heterocycles. The van der Waals surface area contributed by atoms with Crippen LogP contribution < -0.4 is 41.4 Å². The number of Topliss-reactive ketones (excluding diaryl/α,β-unsaturated/α-hetero) is 1. The number of pyridine rings is 2. The molecule has 35 heteroatoms. The summed E-state index contributed by atoms with van der Waals surface area (Å²) in [6, 6.07) is 33.5. The number of aliphatic carboxylic acids is 3. The summed E-state index contributed by atoms with van der Waals surface area (Å²) < 4.78 is 22.6. The Balaban J connectivity index is 0.871. The van der Waals surface area contributed by atoms with Crippen LogP contribution in [-0.4, -0.2) is 264 Å². The van der Waals surface area contributed by atoms with E-state index >= 15 is 0 Å². The number of nitrogens with one attached hydrogen (secondary N) is 6. The number of ketones is 1. The number of aliphatic hydroxyl groups excluding tert-OH is 8. The minimum atomic E-state index is -1.68. The number of nitrogens with zero attached hydrogens (tertiary/aromatic N) is 5. The SMILES string of the molecule is [CH2+]C(=O)CN(CC(=O)O)Cc1cc(C#Cc2ccc(OC3OC(CO)C(O)C(O)C3O)cc2)cc(CN(CCc2ccc(NC(=S)Nc3ccc(NC(=O)CNC(=O)CCCCC4SCC5NC(=O)NC54)cc3)cc2)Cc2cc(C#Cc3ccc(OC4OC(CO)C(O)C(O)C4O)cc3)cc(CN(CC(=O)O)CC(=O)O)n2)n1. The molecular weight excluding hydrogens is 1510 g/mol. The van der Waals surface area contributed by atoms with Gasteiger partial charge in [0.25, 0.3) is 0 Å². The van der Waals surface area contributed by atoms with Gasteiger partial charge in [-0.2, -0.15) is 11.8 Å². The van der Waals surface area contributed by atoms with E-state index in [0.717, 1.165) is 24.2 Å². The fourth-order valence-corrected chi connectivity index (χ4v) is 14.7. The number of aromatic nitrogens is 2. The van der Waals surface area contributed by atoms with Gasteiger partial charge in [0.2, 0.25) is 24.4 Å². The molecule has 4 aliphatic heterocycles. The van der Waals surface area contributed by atoms with Crippen molar-refractivity contribution >= 4 is 87.7 Å². The molecule has 13 unspecified atom stereocenters. The Morgan fingerprint density at radius 3 is 1.43 bits per heavy atom. The van der Waals surface area contributed by atoms with Crippen LogP contribution in [0.2, 0.25) is 0 Å². The van der Waals surface area contributed by atoms with E-state index in [1.807, 2.05) is 40.9 Å². The average Bonchev–Trinajstić information content (AvgIpc) is 1.63. The summed E-state index contributed by atoms with van der Waals surface area (Å²) in [5, 5.41) is 130. The normalized spacial score (nSPS) is 22.3. The summed E-state index contributed by atoms with van der Waals surface area (Å²) in [4.78, 5) is 100. The van der Waals surface area contributed by atoms with E-state index in [1.165, 1.54) is 34.1 Å². The molecule has 10 rings (SSSR count). The van der Waals surface area contributed by atoms with Gasteiger partial charge in [-0.3, -0.25) is 48.6 Å². The number of thioether (sulfide) groups is 1. The average molecular weight is 1600 g/mol. The number of unbranched alkanes of at least 4 members (excludes halogenated alkanes) is 1. The van der Waals surface area contributed by atoms with Gasteiger partial charge in [-0.1, -0.05) is 42.2 Å². The quantitative estimate of drug-likeness (QED) is 0.00857. The molecule has 4 saturated heterocycles. The molecule has 4 amide bonds. The van der Waals surface area contributed by atoms with Crippen molar-refractivity contribution in [3.8, 4) is 35.2 Å². The molecular formula is C78H88N11O22S2+. The third kappa shape index (κ3) is 25.8. The number of carboxylic acid groups (broad SMARTS) is 3. The van der Waals surface area contributed by atoms with Crippen LogP contribution in [0.3, 0.4) is 0 Å². The van der Waals surface area contributed by atoms with E-state index in [0.29, 0.717) is 81.0 Å². The first-order valence-corrected chi connectivity index (χ1v) is 37.5. The molecule has 6 aromatic rings. The van der Waals surface area contributed by atoms with Crippen LogP contribution in [0.4, 0.5) is 21.9 Å². The first-order valence-electron chi connectivity index (χ1n) is 36.1. The highest BCUT2D eigenvalue weighted by atomic mass is 32.2. The third-order valence-electron chi connectivity index (χ3n) is 18.4. The van der Waals surface area contributed by atoms with Crippen LogP contribution in [0, 0.1) is 30.6 Å². The number of rotatable bonds is 35. The van der Waals surface area contributed by atoms with Crippen molar-refractivity contribution in [3.63, 3.8) is 0 Å². The number of hydrogen-bond donors (Lipinski definition) is 17. The number of anilines is 3. The Kier molecular flexibility index (Phi) is 30.7. The number of fused-ring (bicyclic) bond motifs is 1. The van der Waals surface area contributed by atoms with Gasteiger partial charge >= 0.3 is 29.7 Å². The van der Waals surface area contributed by atoms with E-state index in [1.54, 1.807) is 72.8 Å². The molecule has 4 fully saturated rings. The Morgan fingerprint density at radius 1 is 0.549 bits per heavy atom.